The van der Waals surface area contributed by atoms with E-state index in [0.717, 1.165) is 43.0 Å². The van der Waals surface area contributed by atoms with Gasteiger partial charge in [-0.1, -0.05) is 54.6 Å². The summed E-state index contributed by atoms with van der Waals surface area (Å²) in [5.74, 6) is -1.36. The molecular formula is C31H31N5O3. The van der Waals surface area contributed by atoms with Crippen molar-refractivity contribution in [3.63, 3.8) is 0 Å². The Labute approximate surface area is 227 Å². The number of para-hydroxylation sites is 2. The van der Waals surface area contributed by atoms with Gasteiger partial charge in [-0.05, 0) is 47.5 Å². The molecule has 8 nitrogen and oxygen atoms in total. The fraction of sp³-hybridized carbons (Fsp3) is 0.194. The first kappa shape index (κ1) is 25.9. The Morgan fingerprint density at radius 1 is 0.821 bits per heavy atom. The van der Waals surface area contributed by atoms with Crippen LogP contribution in [0.15, 0.2) is 91.0 Å². The van der Waals surface area contributed by atoms with E-state index in [-0.39, 0.29) is 12.1 Å². The van der Waals surface area contributed by atoms with E-state index in [2.05, 4.69) is 27.2 Å². The zero-order chi connectivity index (χ0) is 27.2. The first-order valence-corrected chi connectivity index (χ1v) is 13.0. The number of aliphatic carboxylic acids is 1. The van der Waals surface area contributed by atoms with Crippen molar-refractivity contribution < 1.29 is 14.7 Å². The van der Waals surface area contributed by atoms with Crippen LogP contribution in [0.4, 0.5) is 17.1 Å². The van der Waals surface area contributed by atoms with Crippen molar-refractivity contribution in [1.82, 2.24) is 4.98 Å². The van der Waals surface area contributed by atoms with Crippen molar-refractivity contribution in [3.05, 3.63) is 108 Å². The van der Waals surface area contributed by atoms with Crippen LogP contribution in [-0.4, -0.2) is 48.1 Å². The second kappa shape index (κ2) is 11.8. The standard InChI is InChI=1S/C31H31N5O3/c32-21-22-7-6-9-23(17-22)28-19-26(36-15-13-35(14-16-36)25-10-2-1-3-11-25)20-29(33-28)31(39)34-27-12-5-4-8-24(27)18-30(37)38/h1-12,17,19-20H,13-16,18,21,32H2,(H,34,39)(H,37,38). The van der Waals surface area contributed by atoms with Crippen molar-refractivity contribution >= 4 is 28.9 Å². The van der Waals surface area contributed by atoms with Crippen LogP contribution in [-0.2, 0) is 17.8 Å². The summed E-state index contributed by atoms with van der Waals surface area (Å²) in [7, 11) is 0. The van der Waals surface area contributed by atoms with Gasteiger partial charge in [0.1, 0.15) is 5.69 Å². The van der Waals surface area contributed by atoms with Crippen LogP contribution < -0.4 is 20.9 Å². The maximum Gasteiger partial charge on any atom is 0.307 e. The Morgan fingerprint density at radius 2 is 1.51 bits per heavy atom. The second-order valence-electron chi connectivity index (χ2n) is 9.49. The number of nitrogens with two attached hydrogens (primary N) is 1. The van der Waals surface area contributed by atoms with Gasteiger partial charge in [0.2, 0.25) is 0 Å². The van der Waals surface area contributed by atoms with Gasteiger partial charge in [-0.25, -0.2) is 4.98 Å². The minimum Gasteiger partial charge on any atom is -0.481 e. The van der Waals surface area contributed by atoms with Crippen LogP contribution in [0.2, 0.25) is 0 Å². The SMILES string of the molecule is NCc1cccc(-c2cc(N3CCN(c4ccccc4)CC3)cc(C(=O)Nc3ccccc3CC(=O)O)n2)c1. The highest BCUT2D eigenvalue weighted by molar-refractivity contribution is 6.04. The molecular weight excluding hydrogens is 490 g/mol. The van der Waals surface area contributed by atoms with Crippen molar-refractivity contribution in [3.8, 4) is 11.3 Å². The topological polar surface area (TPSA) is 112 Å². The third kappa shape index (κ3) is 6.25. The molecule has 4 aromatic rings. The van der Waals surface area contributed by atoms with Gasteiger partial charge in [0.15, 0.2) is 0 Å². The minimum absolute atomic E-state index is 0.188. The number of carboxylic acids is 1. The monoisotopic (exact) mass is 521 g/mol. The second-order valence-corrected chi connectivity index (χ2v) is 9.49. The van der Waals surface area contributed by atoms with E-state index in [0.29, 0.717) is 23.5 Å². The number of anilines is 3. The third-order valence-corrected chi connectivity index (χ3v) is 6.87. The molecule has 1 fully saturated rings. The molecule has 1 aliphatic heterocycles. The number of aromatic nitrogens is 1. The molecule has 1 amide bonds. The molecule has 4 N–H and O–H groups in total. The molecule has 1 saturated heterocycles. The first-order valence-electron chi connectivity index (χ1n) is 13.0. The quantitative estimate of drug-likeness (QED) is 0.315. The Bertz CT molecular complexity index is 1470. The van der Waals surface area contributed by atoms with Crippen molar-refractivity contribution in [2.45, 2.75) is 13.0 Å². The predicted octanol–water partition coefficient (Wildman–Crippen LogP) is 4.41. The summed E-state index contributed by atoms with van der Waals surface area (Å²) in [5, 5.41) is 12.2. The highest BCUT2D eigenvalue weighted by atomic mass is 16.4. The van der Waals surface area contributed by atoms with Gasteiger partial charge in [0.25, 0.3) is 5.91 Å². The van der Waals surface area contributed by atoms with Gasteiger partial charge in [-0.3, -0.25) is 9.59 Å². The number of amides is 1. The molecule has 0 aliphatic carbocycles. The lowest BCUT2D eigenvalue weighted by Crippen LogP contribution is -2.46. The van der Waals surface area contributed by atoms with Crippen LogP contribution in [0.3, 0.4) is 0 Å². The predicted molar refractivity (Wildman–Crippen MR) is 154 cm³/mol. The van der Waals surface area contributed by atoms with Crippen LogP contribution in [0.5, 0.6) is 0 Å². The highest BCUT2D eigenvalue weighted by Gasteiger charge is 2.21. The Balaban J connectivity index is 1.45. The summed E-state index contributed by atoms with van der Waals surface area (Å²) in [6.45, 7) is 3.71. The van der Waals surface area contributed by atoms with Gasteiger partial charge < -0.3 is 26.0 Å². The van der Waals surface area contributed by atoms with Gasteiger partial charge in [-0.2, -0.15) is 0 Å². The Morgan fingerprint density at radius 3 is 2.23 bits per heavy atom. The lowest BCUT2D eigenvalue weighted by atomic mass is 10.1. The zero-order valence-corrected chi connectivity index (χ0v) is 21.6. The molecule has 2 heterocycles. The normalized spacial score (nSPS) is 13.3. The Hall–Kier alpha value is -4.69. The number of nitrogens with zero attached hydrogens (tertiary/aromatic N) is 3. The van der Waals surface area contributed by atoms with E-state index in [1.54, 1.807) is 24.3 Å². The zero-order valence-electron chi connectivity index (χ0n) is 21.6. The average molecular weight is 522 g/mol. The first-order chi connectivity index (χ1) is 19.0. The summed E-state index contributed by atoms with van der Waals surface area (Å²) in [5.41, 5.74) is 11.8. The van der Waals surface area contributed by atoms with Gasteiger partial charge in [0, 0.05) is 55.3 Å². The molecule has 0 atom stereocenters. The molecule has 1 aliphatic rings. The lowest BCUT2D eigenvalue weighted by molar-refractivity contribution is -0.136. The molecule has 39 heavy (non-hydrogen) atoms. The number of hydrogen-bond acceptors (Lipinski definition) is 6. The van der Waals surface area contributed by atoms with E-state index in [1.807, 2.05) is 54.6 Å². The largest absolute Gasteiger partial charge is 0.481 e. The van der Waals surface area contributed by atoms with Crippen LogP contribution >= 0.6 is 0 Å². The fourth-order valence-corrected chi connectivity index (χ4v) is 4.83. The molecule has 198 valence electrons. The number of benzene rings is 3. The summed E-state index contributed by atoms with van der Waals surface area (Å²) in [4.78, 5) is 34.1. The molecule has 1 aromatic heterocycles. The molecule has 0 spiro atoms. The van der Waals surface area contributed by atoms with Crippen LogP contribution in [0.25, 0.3) is 11.3 Å². The third-order valence-electron chi connectivity index (χ3n) is 6.87. The Kier molecular flexibility index (Phi) is 7.84. The van der Waals surface area contributed by atoms with E-state index in [4.69, 9.17) is 10.7 Å². The molecule has 8 heteroatoms. The molecule has 5 rings (SSSR count). The molecule has 3 aromatic carbocycles. The smallest absolute Gasteiger partial charge is 0.307 e. The lowest BCUT2D eigenvalue weighted by Gasteiger charge is -2.37. The number of carboxylic acid groups (broad SMARTS) is 1. The molecule has 0 radical (unpaired) electrons. The number of hydrogen-bond donors (Lipinski definition) is 3. The van der Waals surface area contributed by atoms with Gasteiger partial charge in [-0.15, -0.1) is 0 Å². The maximum absolute atomic E-state index is 13.5. The van der Waals surface area contributed by atoms with E-state index >= 15 is 0 Å². The molecule has 0 unspecified atom stereocenters. The van der Waals surface area contributed by atoms with Crippen LogP contribution in [0.1, 0.15) is 21.6 Å². The highest BCUT2D eigenvalue weighted by Crippen LogP contribution is 2.28. The van der Waals surface area contributed by atoms with Gasteiger partial charge in [0.05, 0.1) is 12.1 Å². The van der Waals surface area contributed by atoms with E-state index in [9.17, 15) is 14.7 Å². The molecule has 0 saturated carbocycles. The summed E-state index contributed by atoms with van der Waals surface area (Å²) in [6, 6.07) is 28.9. The van der Waals surface area contributed by atoms with Crippen molar-refractivity contribution in [1.29, 1.82) is 0 Å². The van der Waals surface area contributed by atoms with Gasteiger partial charge >= 0.3 is 5.97 Å². The fourth-order valence-electron chi connectivity index (χ4n) is 4.83. The maximum atomic E-state index is 13.5. The van der Waals surface area contributed by atoms with Crippen molar-refractivity contribution in [2.24, 2.45) is 5.73 Å². The molecule has 0 bridgehead atoms. The van der Waals surface area contributed by atoms with Crippen molar-refractivity contribution in [2.75, 3.05) is 41.3 Å². The number of carbonyl (C=O) groups excluding carboxylic acids is 1. The average Bonchev–Trinajstić information content (AvgIpc) is 2.98. The number of carbonyl (C=O) groups is 2. The number of piperazine rings is 1. The van der Waals surface area contributed by atoms with Crippen LogP contribution in [0, 0.1) is 0 Å². The summed E-state index contributed by atoms with van der Waals surface area (Å²) >= 11 is 0. The number of nitrogens with one attached hydrogen (secondary N) is 1. The minimum atomic E-state index is -0.964. The summed E-state index contributed by atoms with van der Waals surface area (Å²) in [6.07, 6.45) is -0.188. The van der Waals surface area contributed by atoms with E-state index in [1.165, 1.54) is 5.69 Å². The number of rotatable bonds is 8. The summed E-state index contributed by atoms with van der Waals surface area (Å²) < 4.78 is 0. The number of pyridine rings is 1. The van der Waals surface area contributed by atoms with E-state index < -0.39 is 11.9 Å².